The van der Waals surface area contributed by atoms with Crippen LogP contribution in [0.2, 0.25) is 0 Å². The second-order valence-electron chi connectivity index (χ2n) is 6.06. The molecule has 0 saturated carbocycles. The van der Waals surface area contributed by atoms with E-state index in [0.29, 0.717) is 16.5 Å². The van der Waals surface area contributed by atoms with Crippen LogP contribution in [0.1, 0.15) is 44.9 Å². The molecule has 21 heavy (non-hydrogen) atoms. The number of hydrogen-bond donors (Lipinski definition) is 1. The van der Waals surface area contributed by atoms with Crippen LogP contribution in [0, 0.1) is 10.6 Å². The van der Waals surface area contributed by atoms with E-state index in [9.17, 15) is 0 Å². The molecule has 0 aliphatic rings. The summed E-state index contributed by atoms with van der Waals surface area (Å²) in [5.41, 5.74) is 3.52. The van der Waals surface area contributed by atoms with Crippen LogP contribution >= 0.6 is 28.1 Å². The monoisotopic (exact) mass is 364 g/mol. The highest BCUT2D eigenvalue weighted by Gasteiger charge is 2.10. The quantitative estimate of drug-likeness (QED) is 0.685. The van der Waals surface area contributed by atoms with Crippen molar-refractivity contribution in [3.05, 3.63) is 44.6 Å². The number of hydrogen-bond acceptors (Lipinski definition) is 2. The van der Waals surface area contributed by atoms with Crippen LogP contribution in [0.5, 0.6) is 0 Å². The number of halogens is 1. The molecule has 2 nitrogen and oxygen atoms in total. The Balaban J connectivity index is 2.44. The van der Waals surface area contributed by atoms with Crippen LogP contribution in [-0.4, -0.2) is 9.97 Å². The molecule has 0 unspecified atom stereocenters. The number of rotatable bonds is 4. The molecule has 0 fully saturated rings. The van der Waals surface area contributed by atoms with Crippen molar-refractivity contribution < 1.29 is 0 Å². The second kappa shape index (κ2) is 6.84. The van der Waals surface area contributed by atoms with E-state index in [1.807, 2.05) is 0 Å². The second-order valence-corrected chi connectivity index (χ2v) is 7.24. The summed E-state index contributed by atoms with van der Waals surface area (Å²) in [6.45, 7) is 8.78. The number of aromatic amines is 1. The van der Waals surface area contributed by atoms with Crippen LogP contribution in [-0.2, 0) is 6.42 Å². The first kappa shape index (κ1) is 16.4. The zero-order valence-electron chi connectivity index (χ0n) is 12.9. The van der Waals surface area contributed by atoms with Crippen molar-refractivity contribution in [2.75, 3.05) is 0 Å². The van der Waals surface area contributed by atoms with E-state index in [-0.39, 0.29) is 0 Å². The van der Waals surface area contributed by atoms with E-state index >= 15 is 0 Å². The molecular formula is C17H21BrN2S. The van der Waals surface area contributed by atoms with Gasteiger partial charge in [-0.2, -0.15) is 0 Å². The van der Waals surface area contributed by atoms with E-state index in [1.165, 1.54) is 5.56 Å². The summed E-state index contributed by atoms with van der Waals surface area (Å²) in [4.78, 5) is 7.92. The SMILES string of the molecule is CC(C)Cc1[nH]c(-c2ccc(C(C)C)cc2)nc(=S)c1Br. The van der Waals surface area contributed by atoms with Gasteiger partial charge in [-0.05, 0) is 39.8 Å². The highest BCUT2D eigenvalue weighted by atomic mass is 79.9. The summed E-state index contributed by atoms with van der Waals surface area (Å²) in [6, 6.07) is 8.53. The predicted molar refractivity (Wildman–Crippen MR) is 95.2 cm³/mol. The zero-order chi connectivity index (χ0) is 15.6. The lowest BCUT2D eigenvalue weighted by atomic mass is 10.0. The predicted octanol–water partition coefficient (Wildman–Crippen LogP) is 5.89. The maximum atomic E-state index is 5.37. The van der Waals surface area contributed by atoms with Crippen molar-refractivity contribution in [3.63, 3.8) is 0 Å². The Morgan fingerprint density at radius 3 is 2.29 bits per heavy atom. The van der Waals surface area contributed by atoms with Gasteiger partial charge >= 0.3 is 0 Å². The van der Waals surface area contributed by atoms with Crippen molar-refractivity contribution in [2.24, 2.45) is 5.92 Å². The topological polar surface area (TPSA) is 28.7 Å². The summed E-state index contributed by atoms with van der Waals surface area (Å²) in [6.07, 6.45) is 0.948. The summed E-state index contributed by atoms with van der Waals surface area (Å²) >= 11 is 8.92. The fourth-order valence-corrected chi connectivity index (χ4v) is 2.78. The average molecular weight is 365 g/mol. The van der Waals surface area contributed by atoms with Crippen molar-refractivity contribution in [2.45, 2.75) is 40.0 Å². The molecule has 1 aromatic carbocycles. The van der Waals surface area contributed by atoms with Crippen LogP contribution < -0.4 is 0 Å². The zero-order valence-corrected chi connectivity index (χ0v) is 15.3. The molecule has 1 N–H and O–H groups in total. The third-order valence-electron chi connectivity index (χ3n) is 3.40. The third kappa shape index (κ3) is 4.01. The van der Waals surface area contributed by atoms with Gasteiger partial charge in [-0.25, -0.2) is 4.98 Å². The maximum absolute atomic E-state index is 5.37. The molecule has 0 radical (unpaired) electrons. The van der Waals surface area contributed by atoms with Gasteiger partial charge in [-0.15, -0.1) is 0 Å². The lowest BCUT2D eigenvalue weighted by Crippen LogP contribution is -2.02. The normalized spacial score (nSPS) is 11.4. The number of H-pyrrole nitrogens is 1. The molecule has 0 aliphatic heterocycles. The molecule has 2 rings (SSSR count). The number of benzene rings is 1. The molecule has 0 amide bonds. The van der Waals surface area contributed by atoms with E-state index in [0.717, 1.165) is 28.0 Å². The van der Waals surface area contributed by atoms with Crippen molar-refractivity contribution in [1.29, 1.82) is 0 Å². The van der Waals surface area contributed by atoms with Gasteiger partial charge in [-0.1, -0.05) is 64.2 Å². The minimum Gasteiger partial charge on any atom is -0.342 e. The molecular weight excluding hydrogens is 344 g/mol. The Morgan fingerprint density at radius 1 is 1.14 bits per heavy atom. The first-order valence-corrected chi connectivity index (χ1v) is 8.47. The van der Waals surface area contributed by atoms with Gasteiger partial charge in [0, 0.05) is 11.3 Å². The Morgan fingerprint density at radius 2 is 1.76 bits per heavy atom. The summed E-state index contributed by atoms with van der Waals surface area (Å²) in [5, 5.41) is 0. The Labute approximate surface area is 140 Å². The first-order valence-electron chi connectivity index (χ1n) is 7.27. The minimum absolute atomic E-state index is 0.534. The summed E-state index contributed by atoms with van der Waals surface area (Å²) < 4.78 is 1.53. The van der Waals surface area contributed by atoms with E-state index < -0.39 is 0 Å². The molecule has 4 heteroatoms. The molecule has 0 atom stereocenters. The maximum Gasteiger partial charge on any atom is 0.144 e. The van der Waals surface area contributed by atoms with Gasteiger partial charge < -0.3 is 4.98 Å². The van der Waals surface area contributed by atoms with Gasteiger partial charge in [0.05, 0.1) is 4.47 Å². The molecule has 0 bridgehead atoms. The number of nitrogens with one attached hydrogen (secondary N) is 1. The van der Waals surface area contributed by atoms with Crippen molar-refractivity contribution in [3.8, 4) is 11.4 Å². The lowest BCUT2D eigenvalue weighted by Gasteiger charge is -2.11. The number of nitrogens with zero attached hydrogens (tertiary/aromatic N) is 1. The van der Waals surface area contributed by atoms with Gasteiger partial charge in [0.15, 0.2) is 0 Å². The van der Waals surface area contributed by atoms with Crippen LogP contribution in [0.15, 0.2) is 28.7 Å². The smallest absolute Gasteiger partial charge is 0.144 e. The van der Waals surface area contributed by atoms with Gasteiger partial charge in [-0.3, -0.25) is 0 Å². The van der Waals surface area contributed by atoms with Gasteiger partial charge in [0.1, 0.15) is 10.5 Å². The standard InChI is InChI=1S/C17H21BrN2S/c1-10(2)9-14-15(18)17(21)20-16(19-14)13-7-5-12(6-8-13)11(3)4/h5-8,10-11H,9H2,1-4H3,(H,19,20,21). The number of aromatic nitrogens is 2. The Hall–Kier alpha value is -1.00. The van der Waals surface area contributed by atoms with E-state index in [2.05, 4.69) is 77.9 Å². The highest BCUT2D eigenvalue weighted by molar-refractivity contribution is 9.10. The largest absolute Gasteiger partial charge is 0.342 e. The minimum atomic E-state index is 0.534. The van der Waals surface area contributed by atoms with Crippen molar-refractivity contribution >= 4 is 28.1 Å². The fraction of sp³-hybridized carbons (Fsp3) is 0.412. The summed E-state index contributed by atoms with van der Waals surface area (Å²) in [5.74, 6) is 1.94. The van der Waals surface area contributed by atoms with Crippen LogP contribution in [0.4, 0.5) is 0 Å². The van der Waals surface area contributed by atoms with Crippen molar-refractivity contribution in [1.82, 2.24) is 9.97 Å². The molecule has 2 aromatic rings. The fourth-order valence-electron chi connectivity index (χ4n) is 2.22. The molecule has 112 valence electrons. The van der Waals surface area contributed by atoms with Crippen LogP contribution in [0.3, 0.4) is 0 Å². The van der Waals surface area contributed by atoms with E-state index in [1.54, 1.807) is 0 Å². The Bertz CT molecular complexity index is 672. The average Bonchev–Trinajstić information content (AvgIpc) is 2.43. The summed E-state index contributed by atoms with van der Waals surface area (Å²) in [7, 11) is 0. The molecule has 0 spiro atoms. The first-order chi connectivity index (χ1) is 9.88. The molecule has 0 saturated heterocycles. The van der Waals surface area contributed by atoms with Gasteiger partial charge in [0.25, 0.3) is 0 Å². The molecule has 0 aliphatic carbocycles. The van der Waals surface area contributed by atoms with E-state index in [4.69, 9.17) is 12.2 Å². The lowest BCUT2D eigenvalue weighted by molar-refractivity contribution is 0.632. The Kier molecular flexibility index (Phi) is 5.33. The molecule has 1 heterocycles. The van der Waals surface area contributed by atoms with Crippen LogP contribution in [0.25, 0.3) is 11.4 Å². The molecule has 1 aromatic heterocycles. The third-order valence-corrected chi connectivity index (χ3v) is 4.81. The van der Waals surface area contributed by atoms with Gasteiger partial charge in [0.2, 0.25) is 0 Å². The highest BCUT2D eigenvalue weighted by Crippen LogP contribution is 2.24.